The molecule has 0 aliphatic heterocycles. The van der Waals surface area contributed by atoms with Gasteiger partial charge in [-0.25, -0.2) is 4.68 Å². The van der Waals surface area contributed by atoms with Crippen LogP contribution >= 0.6 is 0 Å². The molecule has 0 saturated carbocycles. The van der Waals surface area contributed by atoms with Crippen LogP contribution in [0.4, 0.5) is 5.69 Å². The molecule has 1 heterocycles. The van der Waals surface area contributed by atoms with E-state index >= 15 is 0 Å². The Balaban J connectivity index is 2.07. The molecule has 2 rings (SSSR count). The van der Waals surface area contributed by atoms with Crippen molar-refractivity contribution in [3.8, 4) is 5.75 Å². The van der Waals surface area contributed by atoms with Crippen molar-refractivity contribution in [1.29, 1.82) is 0 Å². The smallest absolute Gasteiger partial charge is 0.276 e. The van der Waals surface area contributed by atoms with Crippen molar-refractivity contribution in [2.24, 2.45) is 0 Å². The summed E-state index contributed by atoms with van der Waals surface area (Å²) in [7, 11) is 1.57. The van der Waals surface area contributed by atoms with E-state index in [9.17, 15) is 9.59 Å². The van der Waals surface area contributed by atoms with Crippen LogP contribution in [-0.2, 0) is 0 Å². The third-order valence-corrected chi connectivity index (χ3v) is 2.73. The molecule has 1 aromatic heterocycles. The lowest BCUT2D eigenvalue weighted by atomic mass is 10.3. The van der Waals surface area contributed by atoms with Crippen LogP contribution in [0.25, 0.3) is 0 Å². The summed E-state index contributed by atoms with van der Waals surface area (Å²) in [5.41, 5.74) is 0.829. The van der Waals surface area contributed by atoms with Gasteiger partial charge in [0.05, 0.1) is 7.11 Å². The van der Waals surface area contributed by atoms with Crippen molar-refractivity contribution in [3.05, 3.63) is 42.2 Å². The van der Waals surface area contributed by atoms with Gasteiger partial charge in [0.1, 0.15) is 5.75 Å². The topological polar surface area (TPSA) is 73.2 Å². The van der Waals surface area contributed by atoms with Gasteiger partial charge in [0.2, 0.25) is 5.91 Å². The maximum absolute atomic E-state index is 12.0. The zero-order valence-corrected chi connectivity index (χ0v) is 11.3. The Morgan fingerprint density at radius 3 is 2.55 bits per heavy atom. The fraction of sp³-hybridized carbons (Fsp3) is 0.214. The highest BCUT2D eigenvalue weighted by atomic mass is 16.5. The van der Waals surface area contributed by atoms with Crippen molar-refractivity contribution < 1.29 is 14.3 Å². The predicted molar refractivity (Wildman–Crippen MR) is 74.1 cm³/mol. The Morgan fingerprint density at radius 1 is 1.25 bits per heavy atom. The molecular weight excluding hydrogens is 258 g/mol. The summed E-state index contributed by atoms with van der Waals surface area (Å²) < 4.78 is 6.20. The highest BCUT2D eigenvalue weighted by molar-refractivity contribution is 6.03. The summed E-state index contributed by atoms with van der Waals surface area (Å²) in [5, 5.41) is 6.64. The number of nitrogens with one attached hydrogen (secondary N) is 1. The van der Waals surface area contributed by atoms with Crippen LogP contribution in [-0.4, -0.2) is 28.7 Å². The van der Waals surface area contributed by atoms with Crippen molar-refractivity contribution in [1.82, 2.24) is 9.78 Å². The summed E-state index contributed by atoms with van der Waals surface area (Å²) >= 11 is 0. The summed E-state index contributed by atoms with van der Waals surface area (Å²) in [5.74, 6) is 0.187. The molecule has 6 heteroatoms. The first-order valence-corrected chi connectivity index (χ1v) is 6.18. The Labute approximate surface area is 116 Å². The van der Waals surface area contributed by atoms with E-state index in [2.05, 4.69) is 10.4 Å². The van der Waals surface area contributed by atoms with Crippen LogP contribution in [0.2, 0.25) is 0 Å². The molecule has 1 N–H and O–H groups in total. The van der Waals surface area contributed by atoms with E-state index in [1.165, 1.54) is 16.9 Å². The van der Waals surface area contributed by atoms with Gasteiger partial charge in [-0.3, -0.25) is 9.59 Å². The molecule has 0 aliphatic carbocycles. The summed E-state index contributed by atoms with van der Waals surface area (Å²) in [6, 6.07) is 8.45. The van der Waals surface area contributed by atoms with Gasteiger partial charge in [-0.15, -0.1) is 0 Å². The van der Waals surface area contributed by atoms with E-state index in [4.69, 9.17) is 4.74 Å². The third-order valence-electron chi connectivity index (χ3n) is 2.73. The van der Waals surface area contributed by atoms with Gasteiger partial charge >= 0.3 is 0 Å². The molecule has 104 valence electrons. The molecule has 2 aromatic rings. The maximum atomic E-state index is 12.0. The second-order valence-electron chi connectivity index (χ2n) is 4.08. The number of aromatic nitrogens is 2. The Morgan fingerprint density at radius 2 is 1.95 bits per heavy atom. The first-order valence-electron chi connectivity index (χ1n) is 6.18. The fourth-order valence-electron chi connectivity index (χ4n) is 1.62. The number of carbonyl (C=O) groups excluding carboxylic acids is 2. The van der Waals surface area contributed by atoms with E-state index in [-0.39, 0.29) is 17.5 Å². The number of ether oxygens (including phenoxy) is 1. The highest BCUT2D eigenvalue weighted by Gasteiger charge is 2.12. The van der Waals surface area contributed by atoms with Gasteiger partial charge in [0.15, 0.2) is 5.69 Å². The molecule has 0 saturated heterocycles. The van der Waals surface area contributed by atoms with E-state index in [0.717, 1.165) is 0 Å². The van der Waals surface area contributed by atoms with Gasteiger partial charge in [0.25, 0.3) is 5.91 Å². The average molecular weight is 273 g/mol. The first-order chi connectivity index (χ1) is 9.63. The fourth-order valence-corrected chi connectivity index (χ4v) is 1.62. The predicted octanol–water partition coefficient (Wildman–Crippen LogP) is 2.19. The van der Waals surface area contributed by atoms with E-state index in [1.54, 1.807) is 38.3 Å². The molecule has 0 aliphatic rings. The SMILES string of the molecule is CCC(=O)n1ccc(C(=O)Nc2ccc(OC)cc2)n1. The highest BCUT2D eigenvalue weighted by Crippen LogP contribution is 2.15. The summed E-state index contributed by atoms with van der Waals surface area (Å²) in [6.45, 7) is 1.74. The van der Waals surface area contributed by atoms with Crippen molar-refractivity contribution >= 4 is 17.5 Å². The molecule has 0 unspecified atom stereocenters. The largest absolute Gasteiger partial charge is 0.497 e. The lowest BCUT2D eigenvalue weighted by Crippen LogP contribution is -2.15. The number of anilines is 1. The summed E-state index contributed by atoms with van der Waals surface area (Å²) in [4.78, 5) is 23.4. The second-order valence-corrected chi connectivity index (χ2v) is 4.08. The van der Waals surface area contributed by atoms with Crippen molar-refractivity contribution in [3.63, 3.8) is 0 Å². The van der Waals surface area contributed by atoms with Crippen molar-refractivity contribution in [2.45, 2.75) is 13.3 Å². The number of hydrogen-bond donors (Lipinski definition) is 1. The van der Waals surface area contributed by atoms with Crippen LogP contribution in [0.1, 0.15) is 28.6 Å². The van der Waals surface area contributed by atoms with E-state index in [0.29, 0.717) is 17.9 Å². The maximum Gasteiger partial charge on any atom is 0.276 e. The number of rotatable bonds is 4. The average Bonchev–Trinajstić information content (AvgIpc) is 2.97. The zero-order valence-electron chi connectivity index (χ0n) is 11.3. The minimum Gasteiger partial charge on any atom is -0.497 e. The molecule has 0 atom stereocenters. The van der Waals surface area contributed by atoms with Gasteiger partial charge in [-0.1, -0.05) is 6.92 Å². The van der Waals surface area contributed by atoms with E-state index < -0.39 is 0 Å². The van der Waals surface area contributed by atoms with Gasteiger partial charge in [0, 0.05) is 18.3 Å². The number of methoxy groups -OCH3 is 1. The van der Waals surface area contributed by atoms with Crippen LogP contribution in [0, 0.1) is 0 Å². The molecular formula is C14H15N3O3. The number of nitrogens with zero attached hydrogens (tertiary/aromatic N) is 2. The normalized spacial score (nSPS) is 10.1. The van der Waals surface area contributed by atoms with Crippen LogP contribution in [0.5, 0.6) is 5.75 Å². The quantitative estimate of drug-likeness (QED) is 0.926. The van der Waals surface area contributed by atoms with Gasteiger partial charge in [-0.05, 0) is 30.3 Å². The van der Waals surface area contributed by atoms with Crippen LogP contribution < -0.4 is 10.1 Å². The molecule has 0 bridgehead atoms. The van der Waals surface area contributed by atoms with Crippen molar-refractivity contribution in [2.75, 3.05) is 12.4 Å². The number of hydrogen-bond acceptors (Lipinski definition) is 4. The number of amides is 1. The summed E-state index contributed by atoms with van der Waals surface area (Å²) in [6.07, 6.45) is 1.82. The molecule has 6 nitrogen and oxygen atoms in total. The minimum atomic E-state index is -0.363. The van der Waals surface area contributed by atoms with Crippen LogP contribution in [0.15, 0.2) is 36.5 Å². The molecule has 1 aromatic carbocycles. The number of carbonyl (C=O) groups is 2. The third kappa shape index (κ3) is 3.03. The minimum absolute atomic E-state index is 0.159. The molecule has 1 amide bonds. The lowest BCUT2D eigenvalue weighted by molar-refractivity contribution is 0.0892. The standard InChI is InChI=1S/C14H15N3O3/c1-3-13(18)17-9-8-12(16-17)14(19)15-10-4-6-11(20-2)7-5-10/h4-9H,3H2,1-2H3,(H,15,19). The van der Waals surface area contributed by atoms with Gasteiger partial charge in [-0.2, -0.15) is 5.10 Å². The Bertz CT molecular complexity index is 617. The van der Waals surface area contributed by atoms with E-state index in [1.807, 2.05) is 0 Å². The lowest BCUT2D eigenvalue weighted by Gasteiger charge is -2.04. The second kappa shape index (κ2) is 6.01. The van der Waals surface area contributed by atoms with Crippen LogP contribution in [0.3, 0.4) is 0 Å². The zero-order chi connectivity index (χ0) is 14.5. The monoisotopic (exact) mass is 273 g/mol. The molecule has 0 radical (unpaired) electrons. The molecule has 0 spiro atoms. The van der Waals surface area contributed by atoms with Gasteiger partial charge < -0.3 is 10.1 Å². The number of benzene rings is 1. The molecule has 0 fully saturated rings. The molecule has 20 heavy (non-hydrogen) atoms. The first kappa shape index (κ1) is 13.8. The Hall–Kier alpha value is -2.63. The Kier molecular flexibility index (Phi) is 4.14.